The number of nitrogen functional groups attached to an aromatic ring is 1. The van der Waals surface area contributed by atoms with E-state index in [-0.39, 0.29) is 17.0 Å². The maximum atomic E-state index is 13.1. The summed E-state index contributed by atoms with van der Waals surface area (Å²) < 4.78 is 41.1. The molecule has 10 heteroatoms. The molecule has 3 N–H and O–H groups in total. The molecule has 2 aromatic heterocycles. The minimum absolute atomic E-state index is 0.0983. The highest BCUT2D eigenvalue weighted by Crippen LogP contribution is 2.44. The van der Waals surface area contributed by atoms with Gasteiger partial charge >= 0.3 is 12.2 Å². The average Bonchev–Trinajstić information content (AvgIpc) is 3.11. The average molecular weight is 380 g/mol. The van der Waals surface area contributed by atoms with E-state index in [1.54, 1.807) is 11.0 Å². The number of aryl methyl sites for hydroxylation is 1. The van der Waals surface area contributed by atoms with E-state index in [1.165, 1.54) is 6.20 Å². The van der Waals surface area contributed by atoms with Crippen molar-refractivity contribution in [3.63, 3.8) is 0 Å². The molecule has 1 fully saturated rings. The number of carbonyl (C=O) groups excluding carboxylic acids is 1. The quantitative estimate of drug-likeness (QED) is 0.836. The number of nitrogens with one attached hydrogen (secondary N) is 1. The predicted molar refractivity (Wildman–Crippen MR) is 91.8 cm³/mol. The summed E-state index contributed by atoms with van der Waals surface area (Å²) in [7, 11) is 0. The molecule has 0 aromatic carbocycles. The zero-order valence-corrected chi connectivity index (χ0v) is 14.7. The second-order valence-corrected chi connectivity index (χ2v) is 7.01. The summed E-state index contributed by atoms with van der Waals surface area (Å²) in [6.07, 6.45) is -2.41. The Hall–Kier alpha value is -2.78. The van der Waals surface area contributed by atoms with Crippen molar-refractivity contribution < 1.29 is 18.0 Å². The Morgan fingerprint density at radius 3 is 2.78 bits per heavy atom. The van der Waals surface area contributed by atoms with Gasteiger partial charge in [0.25, 0.3) is 0 Å². The zero-order valence-electron chi connectivity index (χ0n) is 14.7. The first-order chi connectivity index (χ1) is 12.7. The highest BCUT2D eigenvalue weighted by Gasteiger charge is 2.51. The number of urea groups is 1. The molecular formula is C17H19F3N6O. The van der Waals surface area contributed by atoms with Gasteiger partial charge in [0.15, 0.2) is 0 Å². The Labute approximate surface area is 153 Å². The Kier molecular flexibility index (Phi) is 3.83. The minimum atomic E-state index is -4.57. The van der Waals surface area contributed by atoms with Crippen molar-refractivity contribution in [2.24, 2.45) is 0 Å². The van der Waals surface area contributed by atoms with Gasteiger partial charge in [0.05, 0.1) is 11.3 Å². The van der Waals surface area contributed by atoms with Crippen LogP contribution >= 0.6 is 0 Å². The van der Waals surface area contributed by atoms with Crippen molar-refractivity contribution >= 4 is 11.8 Å². The van der Waals surface area contributed by atoms with Crippen molar-refractivity contribution in [1.29, 1.82) is 0 Å². The zero-order chi connectivity index (χ0) is 19.4. The molecule has 0 saturated carbocycles. The van der Waals surface area contributed by atoms with Crippen LogP contribution in [0, 0.1) is 0 Å². The SMILES string of the molecule is CCNC(=O)N1CC2(CCn3nc(-c4cnc(N)c(C(F)(F)F)c4)cc32)C1. The summed E-state index contributed by atoms with van der Waals surface area (Å²) in [6, 6.07) is 2.68. The number of hydrogen-bond acceptors (Lipinski definition) is 4. The molecular weight excluding hydrogens is 361 g/mol. The largest absolute Gasteiger partial charge is 0.419 e. The van der Waals surface area contributed by atoms with Crippen molar-refractivity contribution in [3.8, 4) is 11.3 Å². The summed E-state index contributed by atoms with van der Waals surface area (Å²) in [5, 5.41) is 7.22. The van der Waals surface area contributed by atoms with Crippen LogP contribution in [0.3, 0.4) is 0 Å². The van der Waals surface area contributed by atoms with E-state index in [1.807, 2.05) is 11.6 Å². The van der Waals surface area contributed by atoms with Crippen LogP contribution in [-0.2, 0) is 18.1 Å². The fraction of sp³-hybridized carbons (Fsp3) is 0.471. The van der Waals surface area contributed by atoms with E-state index >= 15 is 0 Å². The highest BCUT2D eigenvalue weighted by atomic mass is 19.4. The first kappa shape index (κ1) is 17.6. The van der Waals surface area contributed by atoms with Crippen molar-refractivity contribution in [2.75, 3.05) is 25.4 Å². The van der Waals surface area contributed by atoms with Crippen LogP contribution in [0.2, 0.25) is 0 Å². The van der Waals surface area contributed by atoms with Crippen LogP contribution in [0.15, 0.2) is 18.3 Å². The highest BCUT2D eigenvalue weighted by molar-refractivity contribution is 5.76. The molecule has 2 amide bonds. The first-order valence-corrected chi connectivity index (χ1v) is 8.68. The first-order valence-electron chi connectivity index (χ1n) is 8.68. The van der Waals surface area contributed by atoms with Crippen molar-refractivity contribution in [3.05, 3.63) is 29.6 Å². The second kappa shape index (κ2) is 5.86. The van der Waals surface area contributed by atoms with E-state index in [0.29, 0.717) is 31.9 Å². The number of anilines is 1. The lowest BCUT2D eigenvalue weighted by Crippen LogP contribution is -2.62. The molecule has 7 nitrogen and oxygen atoms in total. The molecule has 0 atom stereocenters. The van der Waals surface area contributed by atoms with E-state index in [9.17, 15) is 18.0 Å². The fourth-order valence-corrected chi connectivity index (χ4v) is 3.86. The Balaban J connectivity index is 1.61. The standard InChI is InChI=1S/C17H19F3N6O/c1-2-22-15(27)25-8-16(9-25)3-4-26-13(16)6-12(24-26)10-5-11(17(18,19)20)14(21)23-7-10/h5-7H,2-4,8-9H2,1H3,(H2,21,23)(H,22,27). The summed E-state index contributed by atoms with van der Waals surface area (Å²) >= 11 is 0. The fourth-order valence-electron chi connectivity index (χ4n) is 3.86. The lowest BCUT2D eigenvalue weighted by Gasteiger charge is -2.47. The third-order valence-electron chi connectivity index (χ3n) is 5.25. The minimum Gasteiger partial charge on any atom is -0.383 e. The number of hydrogen-bond donors (Lipinski definition) is 2. The Bertz CT molecular complexity index is 901. The van der Waals surface area contributed by atoms with Gasteiger partial charge in [-0.1, -0.05) is 0 Å². The van der Waals surface area contributed by atoms with Gasteiger partial charge in [-0.25, -0.2) is 9.78 Å². The molecule has 1 saturated heterocycles. The second-order valence-electron chi connectivity index (χ2n) is 7.01. The topological polar surface area (TPSA) is 89.1 Å². The van der Waals surface area contributed by atoms with Gasteiger partial charge in [0.1, 0.15) is 5.82 Å². The molecule has 4 heterocycles. The lowest BCUT2D eigenvalue weighted by atomic mass is 9.76. The van der Waals surface area contributed by atoms with Crippen LogP contribution in [-0.4, -0.2) is 45.3 Å². The number of aromatic nitrogens is 3. The predicted octanol–water partition coefficient (Wildman–Crippen LogP) is 2.23. The molecule has 2 aliphatic rings. The van der Waals surface area contributed by atoms with Gasteiger partial charge in [0, 0.05) is 49.0 Å². The molecule has 1 spiro atoms. The van der Waals surface area contributed by atoms with Crippen LogP contribution < -0.4 is 11.1 Å². The maximum absolute atomic E-state index is 13.1. The van der Waals surface area contributed by atoms with Gasteiger partial charge < -0.3 is 16.0 Å². The third-order valence-corrected chi connectivity index (χ3v) is 5.25. The summed E-state index contributed by atoms with van der Waals surface area (Å²) in [6.45, 7) is 4.26. The summed E-state index contributed by atoms with van der Waals surface area (Å²) in [5.41, 5.74) is 5.88. The van der Waals surface area contributed by atoms with E-state index in [2.05, 4.69) is 15.4 Å². The van der Waals surface area contributed by atoms with Crippen molar-refractivity contribution in [2.45, 2.75) is 31.5 Å². The molecule has 144 valence electrons. The van der Waals surface area contributed by atoms with E-state index in [4.69, 9.17) is 5.73 Å². The third kappa shape index (κ3) is 2.79. The van der Waals surface area contributed by atoms with Crippen LogP contribution in [0.25, 0.3) is 11.3 Å². The number of pyridine rings is 1. The van der Waals surface area contributed by atoms with Gasteiger partial charge in [0.2, 0.25) is 0 Å². The molecule has 2 aromatic rings. The number of likely N-dealkylation sites (tertiary alicyclic amines) is 1. The molecule has 0 radical (unpaired) electrons. The summed E-state index contributed by atoms with van der Waals surface area (Å²) in [4.78, 5) is 17.3. The Morgan fingerprint density at radius 1 is 1.37 bits per heavy atom. The van der Waals surface area contributed by atoms with Gasteiger partial charge in [-0.15, -0.1) is 0 Å². The van der Waals surface area contributed by atoms with E-state index < -0.39 is 17.6 Å². The van der Waals surface area contributed by atoms with Crippen LogP contribution in [0.4, 0.5) is 23.8 Å². The molecule has 0 aliphatic carbocycles. The van der Waals surface area contributed by atoms with Crippen LogP contribution in [0.5, 0.6) is 0 Å². The normalized spacial score (nSPS) is 17.7. The number of nitrogens with two attached hydrogens (primary N) is 1. The monoisotopic (exact) mass is 380 g/mol. The van der Waals surface area contributed by atoms with Gasteiger partial charge in [-0.2, -0.15) is 18.3 Å². The van der Waals surface area contributed by atoms with E-state index in [0.717, 1.165) is 18.2 Å². The number of carbonyl (C=O) groups is 1. The van der Waals surface area contributed by atoms with Crippen molar-refractivity contribution in [1.82, 2.24) is 25.0 Å². The number of alkyl halides is 3. The van der Waals surface area contributed by atoms with Gasteiger partial charge in [-0.3, -0.25) is 4.68 Å². The molecule has 2 aliphatic heterocycles. The number of rotatable bonds is 2. The Morgan fingerprint density at radius 2 is 2.11 bits per heavy atom. The summed E-state index contributed by atoms with van der Waals surface area (Å²) in [5.74, 6) is -0.550. The molecule has 0 bridgehead atoms. The smallest absolute Gasteiger partial charge is 0.383 e. The molecule has 0 unspecified atom stereocenters. The molecule has 27 heavy (non-hydrogen) atoms. The van der Waals surface area contributed by atoms with Crippen LogP contribution in [0.1, 0.15) is 24.6 Å². The number of fused-ring (bicyclic) bond motifs is 2. The number of nitrogens with zero attached hydrogens (tertiary/aromatic N) is 4. The number of halogens is 3. The maximum Gasteiger partial charge on any atom is 0.419 e. The van der Waals surface area contributed by atoms with Gasteiger partial charge in [-0.05, 0) is 25.5 Å². The molecule has 4 rings (SSSR count). The number of amides is 2. The lowest BCUT2D eigenvalue weighted by molar-refractivity contribution is -0.137.